The predicted octanol–water partition coefficient (Wildman–Crippen LogP) is 9.43. The Morgan fingerprint density at radius 3 is 1.33 bits per heavy atom. The average Bonchev–Trinajstić information content (AvgIpc) is 3.38. The fourth-order valence-corrected chi connectivity index (χ4v) is 3.65. The molecule has 0 aromatic rings. The quantitative estimate of drug-likeness (QED) is 0.148. The maximum Gasteiger partial charge on any atom is 0.0842 e. The summed E-state index contributed by atoms with van der Waals surface area (Å²) in [5.41, 5.74) is 7.52. The van der Waals surface area contributed by atoms with Crippen molar-refractivity contribution in [3.8, 4) is 0 Å². The van der Waals surface area contributed by atoms with Gasteiger partial charge >= 0.3 is 0 Å². The van der Waals surface area contributed by atoms with Gasteiger partial charge in [0.2, 0.25) is 0 Å². The first kappa shape index (κ1) is 26.7. The van der Waals surface area contributed by atoms with E-state index in [-0.39, 0.29) is 0 Å². The lowest BCUT2D eigenvalue weighted by atomic mass is 10.0. The van der Waals surface area contributed by atoms with Crippen molar-refractivity contribution in [3.05, 3.63) is 58.2 Å². The minimum absolute atomic E-state index is 0.499. The lowest BCUT2D eigenvalue weighted by molar-refractivity contribution is 0.370. The van der Waals surface area contributed by atoms with E-state index in [0.29, 0.717) is 12.2 Å². The van der Waals surface area contributed by atoms with Crippen LogP contribution in [0.4, 0.5) is 0 Å². The Kier molecular flexibility index (Phi) is 13.8. The third-order valence-corrected chi connectivity index (χ3v) is 5.97. The van der Waals surface area contributed by atoms with Crippen molar-refractivity contribution >= 4 is 0 Å². The Morgan fingerprint density at radius 1 is 0.567 bits per heavy atom. The molecule has 30 heavy (non-hydrogen) atoms. The maximum atomic E-state index is 5.49. The van der Waals surface area contributed by atoms with Crippen LogP contribution in [0.25, 0.3) is 0 Å². The van der Waals surface area contributed by atoms with E-state index >= 15 is 0 Å². The van der Waals surface area contributed by atoms with Crippen molar-refractivity contribution in [1.29, 1.82) is 0 Å². The highest BCUT2D eigenvalue weighted by Crippen LogP contribution is 2.27. The Bertz CT molecular complexity index is 637. The Labute approximate surface area is 188 Å². The van der Waals surface area contributed by atoms with Gasteiger partial charge in [0.15, 0.2) is 0 Å². The van der Waals surface area contributed by atoms with Crippen LogP contribution in [0.1, 0.15) is 113 Å². The second-order valence-electron chi connectivity index (χ2n) is 9.60. The van der Waals surface area contributed by atoms with Crippen LogP contribution in [0.3, 0.4) is 0 Å². The average molecular weight is 413 g/mol. The summed E-state index contributed by atoms with van der Waals surface area (Å²) in [5.74, 6) is 0. The van der Waals surface area contributed by atoms with Crippen LogP contribution < -0.4 is 0 Å². The zero-order valence-electron chi connectivity index (χ0n) is 21.0. The first-order chi connectivity index (χ1) is 14.3. The molecular weight excluding hydrogens is 364 g/mol. The van der Waals surface area contributed by atoms with E-state index in [1.807, 2.05) is 0 Å². The molecule has 0 bridgehead atoms. The van der Waals surface area contributed by atoms with Gasteiger partial charge in [-0.05, 0) is 113 Å². The molecule has 1 heteroatoms. The highest BCUT2D eigenvalue weighted by Gasteiger charge is 2.32. The molecule has 2 atom stereocenters. The maximum absolute atomic E-state index is 5.49. The summed E-state index contributed by atoms with van der Waals surface area (Å²) in [6.07, 6.45) is 24.9. The summed E-state index contributed by atoms with van der Waals surface area (Å²) < 4.78 is 5.49. The van der Waals surface area contributed by atoms with Crippen LogP contribution in [0.2, 0.25) is 0 Å². The van der Waals surface area contributed by atoms with Gasteiger partial charge in [-0.3, -0.25) is 0 Å². The molecule has 0 spiro atoms. The Morgan fingerprint density at radius 2 is 0.933 bits per heavy atom. The smallest absolute Gasteiger partial charge is 0.0842 e. The van der Waals surface area contributed by atoms with Crippen LogP contribution in [0.15, 0.2) is 58.2 Å². The van der Waals surface area contributed by atoms with Crippen LogP contribution >= 0.6 is 0 Å². The number of rotatable bonds is 15. The predicted molar refractivity (Wildman–Crippen MR) is 135 cm³/mol. The van der Waals surface area contributed by atoms with Crippen molar-refractivity contribution in [1.82, 2.24) is 0 Å². The SMILES string of the molecule is CC(C)=CCC/C(C)=C/CC/C(C)=C\CC/C=C(\C)CC/C=C(\C)CCC1OC1C. The van der Waals surface area contributed by atoms with Crippen molar-refractivity contribution in [2.75, 3.05) is 0 Å². The molecule has 1 saturated heterocycles. The fraction of sp³-hybridized carbons (Fsp3) is 0.655. The minimum Gasteiger partial charge on any atom is -0.370 e. The van der Waals surface area contributed by atoms with Crippen molar-refractivity contribution in [3.63, 3.8) is 0 Å². The van der Waals surface area contributed by atoms with Gasteiger partial charge in [-0.2, -0.15) is 0 Å². The van der Waals surface area contributed by atoms with Crippen LogP contribution in [0.5, 0.6) is 0 Å². The van der Waals surface area contributed by atoms with Crippen molar-refractivity contribution in [2.24, 2.45) is 0 Å². The summed E-state index contributed by atoms with van der Waals surface area (Å²) >= 11 is 0. The molecule has 0 N–H and O–H groups in total. The van der Waals surface area contributed by atoms with Gasteiger partial charge in [-0.1, -0.05) is 58.2 Å². The van der Waals surface area contributed by atoms with Gasteiger partial charge in [-0.15, -0.1) is 0 Å². The third kappa shape index (κ3) is 14.6. The molecule has 1 aliphatic rings. The molecule has 0 aliphatic carbocycles. The van der Waals surface area contributed by atoms with E-state index in [9.17, 15) is 0 Å². The lowest BCUT2D eigenvalue weighted by Gasteiger charge is -2.03. The third-order valence-electron chi connectivity index (χ3n) is 5.97. The second-order valence-corrected chi connectivity index (χ2v) is 9.60. The summed E-state index contributed by atoms with van der Waals surface area (Å²) in [5, 5.41) is 0. The molecule has 1 nitrogen and oxygen atoms in total. The van der Waals surface area contributed by atoms with Crippen molar-refractivity contribution < 1.29 is 4.74 Å². The summed E-state index contributed by atoms with van der Waals surface area (Å²) in [6, 6.07) is 0. The van der Waals surface area contributed by atoms with Gasteiger partial charge in [0, 0.05) is 0 Å². The molecule has 0 saturated carbocycles. The number of unbranched alkanes of at least 4 members (excludes halogenated alkanes) is 1. The largest absolute Gasteiger partial charge is 0.370 e. The molecular formula is C29H48O. The first-order valence-corrected chi connectivity index (χ1v) is 12.2. The Hall–Kier alpha value is -1.34. The molecule has 170 valence electrons. The number of hydrogen-bond donors (Lipinski definition) is 0. The van der Waals surface area contributed by atoms with Gasteiger partial charge in [0.25, 0.3) is 0 Å². The highest BCUT2D eigenvalue weighted by molar-refractivity contribution is 5.07. The normalized spacial score (nSPS) is 20.5. The first-order valence-electron chi connectivity index (χ1n) is 12.2. The van der Waals surface area contributed by atoms with E-state index in [4.69, 9.17) is 4.74 Å². The minimum atomic E-state index is 0.499. The van der Waals surface area contributed by atoms with E-state index < -0.39 is 0 Å². The van der Waals surface area contributed by atoms with Crippen molar-refractivity contribution in [2.45, 2.75) is 125 Å². The monoisotopic (exact) mass is 412 g/mol. The second kappa shape index (κ2) is 15.5. The molecule has 0 aromatic heterocycles. The van der Waals surface area contributed by atoms with E-state index in [2.05, 4.69) is 78.8 Å². The number of epoxide rings is 1. The molecule has 1 heterocycles. The summed E-state index contributed by atoms with van der Waals surface area (Å²) in [4.78, 5) is 0. The molecule has 1 fully saturated rings. The molecule has 0 aromatic carbocycles. The lowest BCUT2D eigenvalue weighted by Crippen LogP contribution is -1.90. The molecule has 1 rings (SSSR count). The van der Waals surface area contributed by atoms with Crippen LogP contribution in [-0.2, 0) is 4.74 Å². The Balaban J connectivity index is 2.14. The molecule has 2 unspecified atom stereocenters. The van der Waals surface area contributed by atoms with E-state index in [1.54, 1.807) is 0 Å². The molecule has 1 aliphatic heterocycles. The van der Waals surface area contributed by atoms with Crippen LogP contribution in [0, 0.1) is 0 Å². The van der Waals surface area contributed by atoms with Gasteiger partial charge in [0.05, 0.1) is 12.2 Å². The number of allylic oxidation sites excluding steroid dienone is 10. The zero-order chi connectivity index (χ0) is 22.4. The molecule has 0 radical (unpaired) electrons. The number of hydrogen-bond acceptors (Lipinski definition) is 1. The van der Waals surface area contributed by atoms with Gasteiger partial charge < -0.3 is 4.74 Å². The fourth-order valence-electron chi connectivity index (χ4n) is 3.65. The number of ether oxygens (including phenoxy) is 1. The van der Waals surface area contributed by atoms with Gasteiger partial charge in [0.1, 0.15) is 0 Å². The topological polar surface area (TPSA) is 12.5 Å². The van der Waals surface area contributed by atoms with Gasteiger partial charge in [-0.25, -0.2) is 0 Å². The highest BCUT2D eigenvalue weighted by atomic mass is 16.6. The standard InChI is InChI=1S/C29H48O/c1-23(2)13-10-16-26(5)19-11-17-24(3)14-8-9-15-25(4)18-12-20-27(6)21-22-29-28(7)30-29/h13-15,19-20,28-29H,8-12,16-18,21-22H2,1-7H3/b24-14-,25-15+,26-19+,27-20+. The summed E-state index contributed by atoms with van der Waals surface area (Å²) in [7, 11) is 0. The van der Waals surface area contributed by atoms with E-state index in [1.165, 1.54) is 92.1 Å². The van der Waals surface area contributed by atoms with Crippen LogP contribution in [-0.4, -0.2) is 12.2 Å². The summed E-state index contributed by atoms with van der Waals surface area (Å²) in [6.45, 7) is 15.6. The van der Waals surface area contributed by atoms with E-state index in [0.717, 1.165) is 0 Å². The zero-order valence-corrected chi connectivity index (χ0v) is 21.0. The molecule has 0 amide bonds.